The Balaban J connectivity index is 1.54. The molecule has 34 heavy (non-hydrogen) atoms. The highest BCUT2D eigenvalue weighted by Crippen LogP contribution is 2.46. The van der Waals surface area contributed by atoms with Crippen LogP contribution in [0.4, 0.5) is 4.39 Å². The first-order valence-electron chi connectivity index (χ1n) is 10.3. The summed E-state index contributed by atoms with van der Waals surface area (Å²) in [6, 6.07) is 23.8. The summed E-state index contributed by atoms with van der Waals surface area (Å²) in [7, 11) is 0. The molecule has 0 aromatic heterocycles. The van der Waals surface area contributed by atoms with E-state index in [0.29, 0.717) is 11.1 Å². The van der Waals surface area contributed by atoms with Crippen LogP contribution in [0.3, 0.4) is 0 Å². The molecule has 0 spiro atoms. The molecule has 0 aliphatic carbocycles. The van der Waals surface area contributed by atoms with Gasteiger partial charge in [0.15, 0.2) is 0 Å². The predicted molar refractivity (Wildman–Crippen MR) is 126 cm³/mol. The molecule has 0 saturated heterocycles. The lowest BCUT2D eigenvalue weighted by molar-refractivity contribution is 0.0736. The number of benzene rings is 4. The van der Waals surface area contributed by atoms with Gasteiger partial charge in [-0.2, -0.15) is 5.26 Å². The van der Waals surface area contributed by atoms with Gasteiger partial charge in [-0.05, 0) is 35.0 Å². The summed E-state index contributed by atoms with van der Waals surface area (Å²) >= 11 is 6.29. The van der Waals surface area contributed by atoms with Crippen molar-refractivity contribution in [3.63, 3.8) is 0 Å². The minimum absolute atomic E-state index is 0.0417. The number of ether oxygens (including phenoxy) is 2. The number of esters is 1. The summed E-state index contributed by atoms with van der Waals surface area (Å²) in [6.45, 7) is 0. The van der Waals surface area contributed by atoms with Crippen LogP contribution < -0.4 is 15.2 Å². The number of rotatable bonds is 3. The molecule has 166 valence electrons. The minimum atomic E-state index is -0.870. The SMILES string of the molecule is N#CC1=C(N)Oc2cc(OC(=O)c3cccc4ccccc34)ccc2[C@H]1c1c(F)cccc1Cl. The van der Waals surface area contributed by atoms with Crippen LogP contribution in [0.25, 0.3) is 10.8 Å². The molecule has 5 nitrogen and oxygen atoms in total. The third-order valence-corrected chi connectivity index (χ3v) is 6.03. The Kier molecular flexibility index (Phi) is 5.40. The number of nitrogens with zero attached hydrogens (tertiary/aromatic N) is 1. The molecule has 4 aromatic carbocycles. The second-order valence-electron chi connectivity index (χ2n) is 7.68. The van der Waals surface area contributed by atoms with Crippen molar-refractivity contribution in [2.75, 3.05) is 0 Å². The van der Waals surface area contributed by atoms with E-state index in [4.69, 9.17) is 26.8 Å². The topological polar surface area (TPSA) is 85.3 Å². The van der Waals surface area contributed by atoms with E-state index in [1.54, 1.807) is 30.3 Å². The van der Waals surface area contributed by atoms with Gasteiger partial charge in [0.25, 0.3) is 0 Å². The van der Waals surface area contributed by atoms with E-state index >= 15 is 0 Å². The monoisotopic (exact) mass is 470 g/mol. The standard InChI is InChI=1S/C27H16ClFN2O3/c28-21-9-4-10-22(29)25(21)24-19-12-11-16(13-23(19)34-26(31)20(24)14-30)33-27(32)18-8-3-6-15-5-1-2-7-17(15)18/h1-13,24H,31H2/t24-/m1/s1. The third kappa shape index (κ3) is 3.62. The van der Waals surface area contributed by atoms with Crippen LogP contribution in [-0.4, -0.2) is 5.97 Å². The first-order chi connectivity index (χ1) is 16.5. The van der Waals surface area contributed by atoms with Crippen molar-refractivity contribution in [1.29, 1.82) is 5.26 Å². The number of fused-ring (bicyclic) bond motifs is 2. The Morgan fingerprint density at radius 2 is 1.82 bits per heavy atom. The van der Waals surface area contributed by atoms with Crippen molar-refractivity contribution in [3.05, 3.63) is 118 Å². The average Bonchev–Trinajstić information content (AvgIpc) is 2.83. The second-order valence-corrected chi connectivity index (χ2v) is 8.08. The van der Waals surface area contributed by atoms with Gasteiger partial charge in [0.05, 0.1) is 11.5 Å². The van der Waals surface area contributed by atoms with Gasteiger partial charge in [0.2, 0.25) is 5.88 Å². The Hall–Kier alpha value is -4.34. The highest BCUT2D eigenvalue weighted by molar-refractivity contribution is 6.31. The van der Waals surface area contributed by atoms with Crippen LogP contribution in [0.15, 0.2) is 90.3 Å². The largest absolute Gasteiger partial charge is 0.440 e. The summed E-state index contributed by atoms with van der Waals surface area (Å²) in [6.07, 6.45) is 0. The fourth-order valence-corrected chi connectivity index (χ4v) is 4.42. The number of hydrogen-bond donors (Lipinski definition) is 1. The molecule has 1 aliphatic rings. The summed E-state index contributed by atoms with van der Waals surface area (Å²) < 4.78 is 26.0. The van der Waals surface area contributed by atoms with Gasteiger partial charge in [-0.25, -0.2) is 9.18 Å². The molecular formula is C27H16ClFN2O3. The summed E-state index contributed by atoms with van der Waals surface area (Å²) in [5, 5.41) is 11.5. The van der Waals surface area contributed by atoms with Crippen LogP contribution in [0.2, 0.25) is 5.02 Å². The number of allylic oxidation sites excluding steroid dienone is 1. The molecule has 1 aliphatic heterocycles. The Bertz CT molecular complexity index is 1520. The van der Waals surface area contributed by atoms with Crippen LogP contribution in [0.1, 0.15) is 27.4 Å². The number of carbonyl (C=O) groups excluding carboxylic acids is 1. The maximum atomic E-state index is 14.8. The predicted octanol–water partition coefficient (Wildman–Crippen LogP) is 6.07. The molecule has 0 unspecified atom stereocenters. The second kappa shape index (κ2) is 8.54. The molecule has 4 aromatic rings. The summed E-state index contributed by atoms with van der Waals surface area (Å²) in [5.41, 5.74) is 7.05. The van der Waals surface area contributed by atoms with E-state index < -0.39 is 17.7 Å². The minimum Gasteiger partial charge on any atom is -0.440 e. The molecular weight excluding hydrogens is 455 g/mol. The molecule has 0 amide bonds. The van der Waals surface area contributed by atoms with Gasteiger partial charge in [-0.1, -0.05) is 60.1 Å². The van der Waals surface area contributed by atoms with E-state index in [-0.39, 0.29) is 33.5 Å². The van der Waals surface area contributed by atoms with Gasteiger partial charge in [-0.3, -0.25) is 0 Å². The van der Waals surface area contributed by atoms with Crippen molar-refractivity contribution >= 4 is 28.3 Å². The lowest BCUT2D eigenvalue weighted by Crippen LogP contribution is -2.22. The van der Waals surface area contributed by atoms with Gasteiger partial charge in [0.1, 0.15) is 29.0 Å². The van der Waals surface area contributed by atoms with Gasteiger partial charge >= 0.3 is 5.97 Å². The Labute approximate surface area is 199 Å². The normalized spacial score (nSPS) is 14.8. The van der Waals surface area contributed by atoms with Crippen molar-refractivity contribution in [2.45, 2.75) is 5.92 Å². The van der Waals surface area contributed by atoms with Crippen LogP contribution in [0.5, 0.6) is 11.5 Å². The highest BCUT2D eigenvalue weighted by atomic mass is 35.5. The van der Waals surface area contributed by atoms with Crippen LogP contribution in [-0.2, 0) is 0 Å². The maximum absolute atomic E-state index is 14.8. The van der Waals surface area contributed by atoms with Gasteiger partial charge in [0, 0.05) is 22.2 Å². The average molecular weight is 471 g/mol. The van der Waals surface area contributed by atoms with E-state index in [9.17, 15) is 14.4 Å². The molecule has 2 N–H and O–H groups in total. The zero-order valence-electron chi connectivity index (χ0n) is 17.6. The lowest BCUT2D eigenvalue weighted by Gasteiger charge is -2.27. The zero-order chi connectivity index (χ0) is 23.8. The number of nitrogens with two attached hydrogens (primary N) is 1. The number of carbonyl (C=O) groups is 1. The Morgan fingerprint density at radius 1 is 1.06 bits per heavy atom. The van der Waals surface area contributed by atoms with Crippen molar-refractivity contribution in [2.24, 2.45) is 5.73 Å². The quantitative estimate of drug-likeness (QED) is 0.290. The van der Waals surface area contributed by atoms with E-state index in [1.807, 2.05) is 36.4 Å². The smallest absolute Gasteiger partial charge is 0.344 e. The highest BCUT2D eigenvalue weighted by Gasteiger charge is 2.34. The summed E-state index contributed by atoms with van der Waals surface area (Å²) in [4.78, 5) is 12.9. The fraction of sp³-hybridized carbons (Fsp3) is 0.0370. The molecule has 0 radical (unpaired) electrons. The van der Waals surface area contributed by atoms with Gasteiger partial charge in [-0.15, -0.1) is 0 Å². The first kappa shape index (κ1) is 21.5. The molecule has 0 bridgehead atoms. The molecule has 7 heteroatoms. The number of halogens is 2. The van der Waals surface area contributed by atoms with Gasteiger partial charge < -0.3 is 15.2 Å². The van der Waals surface area contributed by atoms with Crippen molar-refractivity contribution in [3.8, 4) is 17.6 Å². The third-order valence-electron chi connectivity index (χ3n) is 5.70. The fourth-order valence-electron chi connectivity index (χ4n) is 4.15. The maximum Gasteiger partial charge on any atom is 0.344 e. The van der Waals surface area contributed by atoms with E-state index in [0.717, 1.165) is 10.8 Å². The first-order valence-corrected chi connectivity index (χ1v) is 10.7. The van der Waals surface area contributed by atoms with E-state index in [2.05, 4.69) is 0 Å². The molecule has 1 heterocycles. The van der Waals surface area contributed by atoms with Crippen molar-refractivity contribution < 1.29 is 18.7 Å². The van der Waals surface area contributed by atoms with E-state index in [1.165, 1.54) is 18.2 Å². The van der Waals surface area contributed by atoms with Crippen LogP contribution >= 0.6 is 11.6 Å². The molecule has 0 fully saturated rings. The van der Waals surface area contributed by atoms with Crippen molar-refractivity contribution in [1.82, 2.24) is 0 Å². The molecule has 1 atom stereocenters. The number of hydrogen-bond acceptors (Lipinski definition) is 5. The van der Waals surface area contributed by atoms with Crippen LogP contribution in [0, 0.1) is 17.1 Å². The number of nitriles is 1. The molecule has 5 rings (SSSR count). The lowest BCUT2D eigenvalue weighted by atomic mass is 9.83. The Morgan fingerprint density at radius 3 is 2.62 bits per heavy atom. The molecule has 0 saturated carbocycles. The zero-order valence-corrected chi connectivity index (χ0v) is 18.3. The summed E-state index contributed by atoms with van der Waals surface area (Å²) in [5.74, 6) is -1.70.